The van der Waals surface area contributed by atoms with Gasteiger partial charge in [0.25, 0.3) is 0 Å². The van der Waals surface area contributed by atoms with Gasteiger partial charge in [0.05, 0.1) is 0 Å². The zero-order valence-electron chi connectivity index (χ0n) is 7.75. The third-order valence-electron chi connectivity index (χ3n) is 2.01. The molecule has 0 bridgehead atoms. The summed E-state index contributed by atoms with van der Waals surface area (Å²) in [6.07, 6.45) is 5.84. The Morgan fingerprint density at radius 1 is 1.58 bits per heavy atom. The van der Waals surface area contributed by atoms with Gasteiger partial charge in [-0.05, 0) is 43.9 Å². The van der Waals surface area contributed by atoms with E-state index < -0.39 is 0 Å². The molecule has 0 unspecified atom stereocenters. The molecule has 66 valence electrons. The van der Waals surface area contributed by atoms with Gasteiger partial charge in [0, 0.05) is 18.4 Å². The van der Waals surface area contributed by atoms with Crippen LogP contribution in [0.4, 0.5) is 0 Å². The maximum Gasteiger partial charge on any atom is 0.0299 e. The van der Waals surface area contributed by atoms with Crippen molar-refractivity contribution >= 4 is 0 Å². The summed E-state index contributed by atoms with van der Waals surface area (Å²) < 4.78 is 0. The minimum absolute atomic E-state index is 0.289. The highest BCUT2D eigenvalue weighted by Crippen LogP contribution is 2.08. The number of aryl methyl sites for hydroxylation is 2. The van der Waals surface area contributed by atoms with Crippen molar-refractivity contribution in [2.24, 2.45) is 5.73 Å². The number of hydrogen-bond acceptors (Lipinski definition) is 2. The Balaban J connectivity index is 2.57. The van der Waals surface area contributed by atoms with Gasteiger partial charge in [-0.15, -0.1) is 0 Å². The van der Waals surface area contributed by atoms with Crippen molar-refractivity contribution in [1.29, 1.82) is 0 Å². The highest BCUT2D eigenvalue weighted by molar-refractivity contribution is 5.21. The highest BCUT2D eigenvalue weighted by atomic mass is 14.6. The van der Waals surface area contributed by atoms with E-state index in [2.05, 4.69) is 18.0 Å². The number of hydrogen-bond donors (Lipinski definition) is 1. The van der Waals surface area contributed by atoms with Gasteiger partial charge in [-0.3, -0.25) is 4.98 Å². The number of nitrogens with zero attached hydrogens (tertiary/aromatic N) is 1. The lowest BCUT2D eigenvalue weighted by atomic mass is 10.0. The lowest BCUT2D eigenvalue weighted by molar-refractivity contribution is 0.664. The molecule has 12 heavy (non-hydrogen) atoms. The van der Waals surface area contributed by atoms with Gasteiger partial charge in [0.15, 0.2) is 0 Å². The average molecular weight is 164 g/mol. The summed E-state index contributed by atoms with van der Waals surface area (Å²) in [4.78, 5) is 4.04. The van der Waals surface area contributed by atoms with Crippen molar-refractivity contribution < 1.29 is 0 Å². The van der Waals surface area contributed by atoms with E-state index >= 15 is 0 Å². The molecular weight excluding hydrogens is 148 g/mol. The second kappa shape index (κ2) is 4.21. The Kier molecular flexibility index (Phi) is 3.23. The van der Waals surface area contributed by atoms with E-state index in [4.69, 9.17) is 5.73 Å². The normalized spacial score (nSPS) is 12.9. The molecule has 2 nitrogen and oxygen atoms in total. The number of rotatable bonds is 3. The van der Waals surface area contributed by atoms with E-state index in [0.717, 1.165) is 12.8 Å². The monoisotopic (exact) mass is 164 g/mol. The van der Waals surface area contributed by atoms with Gasteiger partial charge in [-0.2, -0.15) is 0 Å². The fraction of sp³-hybridized carbons (Fsp3) is 0.500. The van der Waals surface area contributed by atoms with Crippen LogP contribution in [0.2, 0.25) is 0 Å². The van der Waals surface area contributed by atoms with Crippen LogP contribution < -0.4 is 5.73 Å². The fourth-order valence-corrected chi connectivity index (χ4v) is 1.17. The van der Waals surface area contributed by atoms with Crippen molar-refractivity contribution in [3.05, 3.63) is 29.6 Å². The Hall–Kier alpha value is -0.890. The topological polar surface area (TPSA) is 38.9 Å². The van der Waals surface area contributed by atoms with Crippen LogP contribution in [0.15, 0.2) is 18.5 Å². The lowest BCUT2D eigenvalue weighted by Gasteiger charge is -2.06. The first-order valence-electron chi connectivity index (χ1n) is 4.35. The summed E-state index contributed by atoms with van der Waals surface area (Å²) in [6, 6.07) is 2.36. The average Bonchev–Trinajstić information content (AvgIpc) is 2.03. The summed E-state index contributed by atoms with van der Waals surface area (Å²) in [6.45, 7) is 4.13. The minimum Gasteiger partial charge on any atom is -0.328 e. The maximum absolute atomic E-state index is 5.67. The van der Waals surface area contributed by atoms with Crippen LogP contribution in [0.3, 0.4) is 0 Å². The van der Waals surface area contributed by atoms with Crippen LogP contribution >= 0.6 is 0 Å². The summed E-state index contributed by atoms with van der Waals surface area (Å²) in [5.41, 5.74) is 8.30. The molecule has 0 fully saturated rings. The molecule has 1 aromatic rings. The van der Waals surface area contributed by atoms with Gasteiger partial charge in [0.2, 0.25) is 0 Å². The third-order valence-corrected chi connectivity index (χ3v) is 2.01. The SMILES string of the molecule is Cc1cnccc1CC[C@H](C)N. The van der Waals surface area contributed by atoms with Crippen molar-refractivity contribution in [2.45, 2.75) is 32.7 Å². The quantitative estimate of drug-likeness (QED) is 0.738. The molecule has 0 saturated heterocycles. The van der Waals surface area contributed by atoms with Gasteiger partial charge in [-0.25, -0.2) is 0 Å². The first kappa shape index (κ1) is 9.20. The van der Waals surface area contributed by atoms with Crippen LogP contribution in [0.1, 0.15) is 24.5 Å². The molecule has 0 aromatic carbocycles. The molecule has 0 radical (unpaired) electrons. The molecule has 0 aliphatic heterocycles. The number of aromatic nitrogens is 1. The molecule has 2 N–H and O–H groups in total. The predicted octanol–water partition coefficient (Wildman–Crippen LogP) is 1.67. The highest BCUT2D eigenvalue weighted by Gasteiger charge is 1.99. The summed E-state index contributed by atoms with van der Waals surface area (Å²) in [5, 5.41) is 0. The molecule has 1 atom stereocenters. The van der Waals surface area contributed by atoms with Crippen molar-refractivity contribution in [3.8, 4) is 0 Å². The van der Waals surface area contributed by atoms with Crippen molar-refractivity contribution in [2.75, 3.05) is 0 Å². The zero-order chi connectivity index (χ0) is 8.97. The van der Waals surface area contributed by atoms with Crippen LogP contribution in [0.25, 0.3) is 0 Å². The lowest BCUT2D eigenvalue weighted by Crippen LogP contribution is -2.15. The zero-order valence-corrected chi connectivity index (χ0v) is 7.75. The van der Waals surface area contributed by atoms with Crippen molar-refractivity contribution in [1.82, 2.24) is 4.98 Å². The molecular formula is C10H16N2. The molecule has 0 spiro atoms. The Morgan fingerprint density at radius 2 is 2.33 bits per heavy atom. The van der Waals surface area contributed by atoms with Crippen molar-refractivity contribution in [3.63, 3.8) is 0 Å². The van der Waals surface area contributed by atoms with Crippen LogP contribution in [-0.2, 0) is 6.42 Å². The molecule has 1 heterocycles. The Bertz CT molecular complexity index is 243. The largest absolute Gasteiger partial charge is 0.328 e. The van der Waals surface area contributed by atoms with E-state index in [1.54, 1.807) is 0 Å². The van der Waals surface area contributed by atoms with Gasteiger partial charge in [0.1, 0.15) is 0 Å². The van der Waals surface area contributed by atoms with E-state index in [1.165, 1.54) is 11.1 Å². The summed E-state index contributed by atoms with van der Waals surface area (Å²) in [7, 11) is 0. The molecule has 0 aliphatic carbocycles. The third kappa shape index (κ3) is 2.62. The first-order valence-corrected chi connectivity index (χ1v) is 4.35. The molecule has 0 amide bonds. The molecule has 1 rings (SSSR count). The first-order chi connectivity index (χ1) is 5.70. The van der Waals surface area contributed by atoms with Gasteiger partial charge in [-0.1, -0.05) is 0 Å². The van der Waals surface area contributed by atoms with E-state index in [1.807, 2.05) is 19.3 Å². The van der Waals surface area contributed by atoms with Crippen LogP contribution in [-0.4, -0.2) is 11.0 Å². The van der Waals surface area contributed by atoms with Crippen LogP contribution in [0.5, 0.6) is 0 Å². The predicted molar refractivity (Wildman–Crippen MR) is 50.9 cm³/mol. The second-order valence-corrected chi connectivity index (χ2v) is 3.32. The Labute approximate surface area is 73.8 Å². The van der Waals surface area contributed by atoms with E-state index in [0.29, 0.717) is 0 Å². The molecule has 0 saturated carbocycles. The Morgan fingerprint density at radius 3 is 2.92 bits per heavy atom. The van der Waals surface area contributed by atoms with Gasteiger partial charge < -0.3 is 5.73 Å². The minimum atomic E-state index is 0.289. The number of nitrogens with two attached hydrogens (primary N) is 1. The van der Waals surface area contributed by atoms with Gasteiger partial charge >= 0.3 is 0 Å². The fourth-order valence-electron chi connectivity index (χ4n) is 1.17. The summed E-state index contributed by atoms with van der Waals surface area (Å²) >= 11 is 0. The van der Waals surface area contributed by atoms with E-state index in [9.17, 15) is 0 Å². The van der Waals surface area contributed by atoms with Crippen LogP contribution in [0, 0.1) is 6.92 Å². The second-order valence-electron chi connectivity index (χ2n) is 3.32. The molecule has 0 aliphatic rings. The summed E-state index contributed by atoms with van der Waals surface area (Å²) in [5.74, 6) is 0. The standard InChI is InChI=1S/C10H16N2/c1-8-7-12-6-5-10(8)4-3-9(2)11/h5-7,9H,3-4,11H2,1-2H3/t9-/m0/s1. The van der Waals surface area contributed by atoms with E-state index in [-0.39, 0.29) is 6.04 Å². The number of pyridine rings is 1. The molecule has 2 heteroatoms. The smallest absolute Gasteiger partial charge is 0.0299 e. The molecule has 1 aromatic heterocycles. The maximum atomic E-state index is 5.67.